The lowest BCUT2D eigenvalue weighted by molar-refractivity contribution is -0.151. The number of morpholine rings is 1. The summed E-state index contributed by atoms with van der Waals surface area (Å²) in [5, 5.41) is 14.0. The van der Waals surface area contributed by atoms with Crippen molar-refractivity contribution in [3.63, 3.8) is 0 Å². The van der Waals surface area contributed by atoms with E-state index in [1.807, 2.05) is 60.7 Å². The van der Waals surface area contributed by atoms with Gasteiger partial charge in [-0.2, -0.15) is 0 Å². The fourth-order valence-corrected chi connectivity index (χ4v) is 9.47. The molecule has 2 aromatic rings. The number of likely N-dealkylation sites (tertiary alicyclic amines) is 1. The van der Waals surface area contributed by atoms with Gasteiger partial charge >= 0.3 is 5.97 Å². The molecule has 3 amide bonds. The molecule has 4 aliphatic heterocycles. The molecule has 0 radical (unpaired) electrons. The Morgan fingerprint density at radius 2 is 1.78 bits per heavy atom. The number of aliphatic hydroxyl groups excluding tert-OH is 1. The van der Waals surface area contributed by atoms with Crippen LogP contribution in [0.4, 0.5) is 0 Å². The van der Waals surface area contributed by atoms with Crippen LogP contribution in [0.25, 0.3) is 0 Å². The second kappa shape index (κ2) is 18.2. The van der Waals surface area contributed by atoms with Crippen molar-refractivity contribution in [1.29, 1.82) is 0 Å². The van der Waals surface area contributed by atoms with Crippen LogP contribution in [0.15, 0.2) is 86.0 Å². The van der Waals surface area contributed by atoms with Crippen LogP contribution in [0.1, 0.15) is 36.4 Å². The number of carbonyl (C=O) groups is 4. The van der Waals surface area contributed by atoms with E-state index in [1.54, 1.807) is 17.1 Å². The Labute approximate surface area is 325 Å². The minimum atomic E-state index is -1.34. The first-order valence-electron chi connectivity index (χ1n) is 18.8. The summed E-state index contributed by atoms with van der Waals surface area (Å²) >= 11 is 3.77. The number of aliphatic hydroxyl groups is 1. The van der Waals surface area contributed by atoms with Crippen LogP contribution in [0, 0.1) is 11.8 Å². The molecule has 2 bridgehead atoms. The van der Waals surface area contributed by atoms with Crippen molar-refractivity contribution in [2.45, 2.75) is 60.3 Å². The molecule has 0 saturated carbocycles. The summed E-state index contributed by atoms with van der Waals surface area (Å²) in [6.45, 7) is 11.1. The monoisotopic (exact) mass is 806 g/mol. The summed E-state index contributed by atoms with van der Waals surface area (Å²) < 4.78 is 17.9. The van der Waals surface area contributed by atoms with Gasteiger partial charge in [0.25, 0.3) is 0 Å². The van der Waals surface area contributed by atoms with Crippen molar-refractivity contribution >= 4 is 39.6 Å². The van der Waals surface area contributed by atoms with E-state index in [1.165, 1.54) is 4.90 Å². The van der Waals surface area contributed by atoms with Gasteiger partial charge in [-0.3, -0.25) is 24.1 Å². The zero-order chi connectivity index (χ0) is 38.2. The zero-order valence-electron chi connectivity index (χ0n) is 30.6. The first-order chi connectivity index (χ1) is 26.2. The fraction of sp³-hybridized carbons (Fsp3) is 0.512. The molecular weight excluding hydrogens is 756 g/mol. The van der Waals surface area contributed by atoms with Gasteiger partial charge in [0.1, 0.15) is 18.2 Å². The van der Waals surface area contributed by atoms with E-state index in [2.05, 4.69) is 39.3 Å². The maximum absolute atomic E-state index is 15.0. The van der Waals surface area contributed by atoms with Crippen LogP contribution in [-0.2, 0) is 39.8 Å². The van der Waals surface area contributed by atoms with Crippen LogP contribution in [0.5, 0.6) is 0 Å². The number of amides is 3. The molecule has 12 nitrogen and oxygen atoms in total. The van der Waals surface area contributed by atoms with Gasteiger partial charge in [-0.25, -0.2) is 0 Å². The van der Waals surface area contributed by atoms with Crippen molar-refractivity contribution in [3.8, 4) is 0 Å². The molecule has 2 aromatic carbocycles. The van der Waals surface area contributed by atoms with Gasteiger partial charge in [-0.05, 0) is 30.4 Å². The molecule has 0 aromatic heterocycles. The van der Waals surface area contributed by atoms with Gasteiger partial charge in [-0.15, -0.1) is 13.2 Å². The average molecular weight is 808 g/mol. The molecule has 13 heteroatoms. The number of ether oxygens (including phenoxy) is 3. The van der Waals surface area contributed by atoms with Crippen LogP contribution in [-0.4, -0.2) is 131 Å². The van der Waals surface area contributed by atoms with Gasteiger partial charge in [0, 0.05) is 44.0 Å². The highest BCUT2D eigenvalue weighted by atomic mass is 79.9. The normalized spacial score (nSPS) is 27.2. The summed E-state index contributed by atoms with van der Waals surface area (Å²) in [5.41, 5.74) is 0.288. The number of hydrogen-bond donors (Lipinski definition) is 2. The Hall–Kier alpha value is -3.88. The number of fused-ring (bicyclic) bond motifs is 1. The lowest BCUT2D eigenvalue weighted by Crippen LogP contribution is -2.60. The summed E-state index contributed by atoms with van der Waals surface area (Å²) in [7, 11) is 0. The number of alkyl halides is 1. The van der Waals surface area contributed by atoms with Crippen LogP contribution in [0.3, 0.4) is 0 Å². The number of benzene rings is 2. The minimum Gasteiger partial charge on any atom is -0.463 e. The van der Waals surface area contributed by atoms with E-state index in [9.17, 15) is 14.7 Å². The number of esters is 1. The highest BCUT2D eigenvalue weighted by Gasteiger charge is 2.77. The zero-order valence-corrected chi connectivity index (χ0v) is 32.2. The molecule has 1 spiro atoms. The van der Waals surface area contributed by atoms with E-state index in [0.717, 1.165) is 24.2 Å². The Kier molecular flexibility index (Phi) is 13.4. The SMILES string of the molecule is C=CCCC(=O)OC[C@@H](NC(=O)[C@H]1[C@@H]2O[C@@]3(CC2Br)[C@@H]1C(=O)N([C@@H](CO)Cc1ccccc1)[C@@H]3C(=O)N(CC=C)CCN1CCOCC1)c1ccccc1. The molecule has 4 heterocycles. The molecule has 2 N–H and O–H groups in total. The maximum atomic E-state index is 15.0. The molecule has 290 valence electrons. The number of nitrogens with zero attached hydrogens (tertiary/aromatic N) is 3. The van der Waals surface area contributed by atoms with Gasteiger partial charge in [-0.1, -0.05) is 88.7 Å². The molecule has 6 rings (SSSR count). The lowest BCUT2D eigenvalue weighted by Gasteiger charge is -2.40. The molecule has 8 atom stereocenters. The summed E-state index contributed by atoms with van der Waals surface area (Å²) in [6, 6.07) is 16.2. The van der Waals surface area contributed by atoms with Crippen molar-refractivity contribution < 1.29 is 38.5 Å². The molecule has 4 saturated heterocycles. The summed E-state index contributed by atoms with van der Waals surface area (Å²) in [5.74, 6) is -3.51. The maximum Gasteiger partial charge on any atom is 0.306 e. The molecule has 4 aliphatic rings. The topological polar surface area (TPSA) is 138 Å². The molecular formula is C41H51BrN4O8. The Bertz CT molecular complexity index is 1640. The van der Waals surface area contributed by atoms with E-state index >= 15 is 9.59 Å². The summed E-state index contributed by atoms with van der Waals surface area (Å²) in [4.78, 5) is 62.2. The predicted molar refractivity (Wildman–Crippen MR) is 205 cm³/mol. The Morgan fingerprint density at radius 1 is 1.07 bits per heavy atom. The lowest BCUT2D eigenvalue weighted by atomic mass is 9.70. The average Bonchev–Trinajstić information content (AvgIpc) is 3.80. The second-order valence-corrected chi connectivity index (χ2v) is 15.6. The first kappa shape index (κ1) is 39.8. The molecule has 54 heavy (non-hydrogen) atoms. The van der Waals surface area contributed by atoms with Crippen LogP contribution in [0.2, 0.25) is 0 Å². The van der Waals surface area contributed by atoms with Crippen LogP contribution < -0.4 is 5.32 Å². The third-order valence-corrected chi connectivity index (χ3v) is 12.0. The van der Waals surface area contributed by atoms with Gasteiger partial charge in [0.2, 0.25) is 17.7 Å². The number of nitrogens with one attached hydrogen (secondary N) is 1. The van der Waals surface area contributed by atoms with E-state index in [4.69, 9.17) is 14.2 Å². The second-order valence-electron chi connectivity index (χ2n) is 14.4. The number of halogens is 1. The first-order valence-corrected chi connectivity index (χ1v) is 19.7. The smallest absolute Gasteiger partial charge is 0.306 e. The van der Waals surface area contributed by atoms with Crippen molar-refractivity contribution in [2.75, 3.05) is 59.2 Å². The molecule has 0 aliphatic carbocycles. The highest BCUT2D eigenvalue weighted by Crippen LogP contribution is 2.60. The standard InChI is InChI=1S/C41H51BrN4O8/c1-3-5-16-33(48)53-27-32(29-14-10-7-11-15-29)43-38(49)34-35-39(50)46(30(26-47)24-28-12-8-6-9-13-28)37(41(35)25-31(42)36(34)54-41)40(51)45(17-4-2)19-18-44-20-22-52-23-21-44/h3-4,6-15,30-32,34-37,47H,1-2,5,16-27H2,(H,43,49)/t30-,31?,32-,34-,35+,36-,37-,41+/m1/s1. The van der Waals surface area contributed by atoms with Gasteiger partial charge in [0.15, 0.2) is 0 Å². The van der Waals surface area contributed by atoms with Crippen molar-refractivity contribution in [2.24, 2.45) is 11.8 Å². The molecule has 4 fully saturated rings. The molecule has 1 unspecified atom stereocenters. The van der Waals surface area contributed by atoms with E-state index in [0.29, 0.717) is 45.6 Å². The quantitative estimate of drug-likeness (QED) is 0.132. The van der Waals surface area contributed by atoms with Gasteiger partial charge in [0.05, 0.1) is 49.8 Å². The Balaban J connectivity index is 1.33. The van der Waals surface area contributed by atoms with Crippen molar-refractivity contribution in [3.05, 3.63) is 97.1 Å². The largest absolute Gasteiger partial charge is 0.463 e. The number of allylic oxidation sites excluding steroid dienone is 1. The fourth-order valence-electron chi connectivity index (χ4n) is 8.53. The minimum absolute atomic E-state index is 0.109. The third-order valence-electron chi connectivity index (χ3n) is 11.1. The van der Waals surface area contributed by atoms with E-state index in [-0.39, 0.29) is 30.3 Å². The highest BCUT2D eigenvalue weighted by molar-refractivity contribution is 9.09. The van der Waals surface area contributed by atoms with Crippen LogP contribution >= 0.6 is 15.9 Å². The van der Waals surface area contributed by atoms with Gasteiger partial charge < -0.3 is 34.4 Å². The number of rotatable bonds is 18. The predicted octanol–water partition coefficient (Wildman–Crippen LogP) is 3.05. The van der Waals surface area contributed by atoms with E-state index < -0.39 is 66.1 Å². The van der Waals surface area contributed by atoms with Crippen molar-refractivity contribution in [1.82, 2.24) is 20.0 Å². The third kappa shape index (κ3) is 8.35. The Morgan fingerprint density at radius 3 is 2.44 bits per heavy atom. The number of carbonyl (C=O) groups excluding carboxylic acids is 4. The number of hydrogen-bond acceptors (Lipinski definition) is 9. The summed E-state index contributed by atoms with van der Waals surface area (Å²) in [6.07, 6.45) is 3.86.